The van der Waals surface area contributed by atoms with Gasteiger partial charge in [-0.15, -0.1) is 0 Å². The Labute approximate surface area is 219 Å². The van der Waals surface area contributed by atoms with Crippen molar-refractivity contribution in [3.8, 4) is 11.5 Å². The van der Waals surface area contributed by atoms with Crippen LogP contribution in [0.1, 0.15) is 31.4 Å². The van der Waals surface area contributed by atoms with Crippen LogP contribution in [0.15, 0.2) is 72.8 Å². The molecule has 0 unspecified atom stereocenters. The average molecular weight is 518 g/mol. The fraction of sp³-hybridized carbons (Fsp3) is 0.286. The van der Waals surface area contributed by atoms with E-state index in [-0.39, 0.29) is 11.4 Å². The zero-order chi connectivity index (χ0) is 26.8. The fourth-order valence-corrected chi connectivity index (χ4v) is 4.84. The Morgan fingerprint density at radius 1 is 0.947 bits per heavy atom. The predicted octanol–water partition coefficient (Wildman–Crippen LogP) is 4.83. The molecule has 196 valence electrons. The molecule has 2 aliphatic heterocycles. The van der Waals surface area contributed by atoms with E-state index in [9.17, 15) is 19.7 Å². The van der Waals surface area contributed by atoms with Gasteiger partial charge in [-0.25, -0.2) is 9.96 Å². The van der Waals surface area contributed by atoms with Crippen molar-refractivity contribution >= 4 is 28.9 Å². The van der Waals surface area contributed by atoms with Crippen LogP contribution in [0.2, 0.25) is 0 Å². The Kier molecular flexibility index (Phi) is 6.97. The van der Waals surface area contributed by atoms with Gasteiger partial charge in [-0.2, -0.15) is 0 Å². The van der Waals surface area contributed by atoms with E-state index < -0.39 is 34.8 Å². The van der Waals surface area contributed by atoms with Crippen molar-refractivity contribution in [3.63, 3.8) is 0 Å². The lowest BCUT2D eigenvalue weighted by molar-refractivity contribution is -0.384. The van der Waals surface area contributed by atoms with Gasteiger partial charge in [0.1, 0.15) is 5.92 Å². The van der Waals surface area contributed by atoms with E-state index in [4.69, 9.17) is 14.3 Å². The number of fused-ring (bicyclic) bond motifs is 1. The molecule has 2 saturated heterocycles. The maximum Gasteiger partial charge on any atom is 0.269 e. The summed E-state index contributed by atoms with van der Waals surface area (Å²) >= 11 is 0. The van der Waals surface area contributed by atoms with Crippen LogP contribution in [-0.4, -0.2) is 36.6 Å². The predicted molar refractivity (Wildman–Crippen MR) is 139 cm³/mol. The minimum atomic E-state index is -1.06. The molecule has 0 radical (unpaired) electrons. The van der Waals surface area contributed by atoms with Gasteiger partial charge < -0.3 is 9.47 Å². The number of imide groups is 1. The number of methoxy groups -OCH3 is 1. The van der Waals surface area contributed by atoms with Crippen molar-refractivity contribution in [1.82, 2.24) is 0 Å². The number of unbranched alkanes of at least 4 members (excludes halogenated alkanes) is 1. The fourth-order valence-electron chi connectivity index (χ4n) is 4.84. The molecule has 10 heteroatoms. The maximum absolute atomic E-state index is 13.8. The van der Waals surface area contributed by atoms with Crippen LogP contribution in [0.4, 0.5) is 17.1 Å². The summed E-state index contributed by atoms with van der Waals surface area (Å²) in [7, 11) is 1.55. The second-order valence-corrected chi connectivity index (χ2v) is 9.06. The Morgan fingerprint density at radius 2 is 1.68 bits per heavy atom. The van der Waals surface area contributed by atoms with Crippen molar-refractivity contribution in [2.75, 3.05) is 23.7 Å². The van der Waals surface area contributed by atoms with Gasteiger partial charge in [0.25, 0.3) is 11.6 Å². The normalized spacial score (nSPS) is 20.5. The van der Waals surface area contributed by atoms with Crippen molar-refractivity contribution < 1.29 is 28.8 Å². The van der Waals surface area contributed by atoms with Gasteiger partial charge in [0, 0.05) is 12.1 Å². The van der Waals surface area contributed by atoms with E-state index in [1.54, 1.807) is 24.3 Å². The van der Waals surface area contributed by atoms with E-state index in [1.165, 1.54) is 24.3 Å². The number of para-hydroxylation sites is 1. The summed E-state index contributed by atoms with van der Waals surface area (Å²) in [5, 5.41) is 12.7. The number of rotatable bonds is 9. The molecule has 3 atom stereocenters. The Hall–Kier alpha value is -4.44. The average Bonchev–Trinajstić information content (AvgIpc) is 3.45. The highest BCUT2D eigenvalue weighted by atomic mass is 16.7. The molecule has 0 spiro atoms. The van der Waals surface area contributed by atoms with Crippen LogP contribution in [0.5, 0.6) is 11.5 Å². The highest BCUT2D eigenvalue weighted by molar-refractivity contribution is 6.24. The van der Waals surface area contributed by atoms with E-state index in [0.717, 1.165) is 17.7 Å². The number of benzene rings is 3. The number of hydrogen-bond donors (Lipinski definition) is 0. The molecule has 2 aliphatic rings. The lowest BCUT2D eigenvalue weighted by atomic mass is 9.90. The third-order valence-corrected chi connectivity index (χ3v) is 6.73. The monoisotopic (exact) mass is 517 g/mol. The number of carbonyl (C=O) groups is 2. The Bertz CT molecular complexity index is 1350. The summed E-state index contributed by atoms with van der Waals surface area (Å²) in [5.74, 6) is -0.718. The second kappa shape index (κ2) is 10.5. The molecular formula is C28H27N3O7. The molecule has 10 nitrogen and oxygen atoms in total. The summed E-state index contributed by atoms with van der Waals surface area (Å²) in [6.07, 6.45) is 0.840. The number of nitro benzene ring substituents is 1. The third kappa shape index (κ3) is 4.43. The van der Waals surface area contributed by atoms with Crippen LogP contribution in [0.25, 0.3) is 0 Å². The Balaban J connectivity index is 1.53. The van der Waals surface area contributed by atoms with Gasteiger partial charge in [-0.05, 0) is 48.4 Å². The molecule has 2 fully saturated rings. The number of anilines is 2. The molecule has 3 aromatic carbocycles. The van der Waals surface area contributed by atoms with Crippen molar-refractivity contribution in [2.24, 2.45) is 5.92 Å². The topological polar surface area (TPSA) is 111 Å². The number of nitro groups is 1. The van der Waals surface area contributed by atoms with Gasteiger partial charge >= 0.3 is 0 Å². The molecule has 3 aromatic rings. The standard InChI is InChI=1S/C28H27N3O7/c1-3-4-16-37-22-15-10-18(17-23(22)36-2)25-24-26(38-30(25)20-8-6-5-7-9-20)28(33)29(27(24)32)19-11-13-21(14-12-19)31(34)35/h5-15,17,24-26H,3-4,16H2,1-2H3/t24-,25-,26+/m1/s1. The SMILES string of the molecule is CCCCOc1ccc([C@@H]2[C@H]3C(=O)N(c4ccc([N+](=O)[O-])cc4)C(=O)[C@H]3ON2c2ccccc2)cc1OC. The lowest BCUT2D eigenvalue weighted by Crippen LogP contribution is -2.37. The molecule has 5 rings (SSSR count). The maximum atomic E-state index is 13.8. The quantitative estimate of drug-likeness (QED) is 0.172. The molecule has 0 bridgehead atoms. The number of nitrogens with zero attached hydrogens (tertiary/aromatic N) is 3. The first kappa shape index (κ1) is 25.2. The highest BCUT2D eigenvalue weighted by Crippen LogP contribution is 2.48. The first-order chi connectivity index (χ1) is 18.4. The van der Waals surface area contributed by atoms with Crippen LogP contribution >= 0.6 is 0 Å². The molecule has 2 amide bonds. The highest BCUT2D eigenvalue weighted by Gasteiger charge is 2.60. The number of non-ortho nitro benzene ring substituents is 1. The smallest absolute Gasteiger partial charge is 0.269 e. The first-order valence-electron chi connectivity index (χ1n) is 12.4. The molecule has 0 aromatic heterocycles. The minimum absolute atomic E-state index is 0.134. The van der Waals surface area contributed by atoms with Crippen LogP contribution in [-0.2, 0) is 14.4 Å². The lowest BCUT2D eigenvalue weighted by Gasteiger charge is -2.29. The Morgan fingerprint density at radius 3 is 2.34 bits per heavy atom. The van der Waals surface area contributed by atoms with Gasteiger partial charge in [0.2, 0.25) is 5.91 Å². The zero-order valence-electron chi connectivity index (χ0n) is 21.0. The van der Waals surface area contributed by atoms with Crippen molar-refractivity contribution in [3.05, 3.63) is 88.5 Å². The molecular weight excluding hydrogens is 490 g/mol. The summed E-state index contributed by atoms with van der Waals surface area (Å²) in [5.41, 5.74) is 1.53. The summed E-state index contributed by atoms with van der Waals surface area (Å²) in [6.45, 7) is 2.63. The molecule has 38 heavy (non-hydrogen) atoms. The summed E-state index contributed by atoms with van der Waals surface area (Å²) in [4.78, 5) is 45.0. The van der Waals surface area contributed by atoms with Gasteiger partial charge in [0.05, 0.1) is 36.1 Å². The van der Waals surface area contributed by atoms with Crippen LogP contribution < -0.4 is 19.4 Å². The third-order valence-electron chi connectivity index (χ3n) is 6.73. The number of hydrogen-bond acceptors (Lipinski definition) is 8. The number of ether oxygens (including phenoxy) is 2. The number of carbonyl (C=O) groups excluding carboxylic acids is 2. The van der Waals surface area contributed by atoms with Crippen LogP contribution in [0.3, 0.4) is 0 Å². The zero-order valence-corrected chi connectivity index (χ0v) is 21.0. The van der Waals surface area contributed by atoms with E-state index in [1.807, 2.05) is 36.4 Å². The minimum Gasteiger partial charge on any atom is -0.493 e. The molecule has 2 heterocycles. The summed E-state index contributed by atoms with van der Waals surface area (Å²) < 4.78 is 11.5. The van der Waals surface area contributed by atoms with Gasteiger partial charge in [0.15, 0.2) is 17.6 Å². The van der Waals surface area contributed by atoms with E-state index in [0.29, 0.717) is 29.4 Å². The van der Waals surface area contributed by atoms with Crippen molar-refractivity contribution in [2.45, 2.75) is 31.9 Å². The second-order valence-electron chi connectivity index (χ2n) is 9.06. The largest absolute Gasteiger partial charge is 0.493 e. The van der Waals surface area contributed by atoms with Crippen molar-refractivity contribution in [1.29, 1.82) is 0 Å². The van der Waals surface area contributed by atoms with Gasteiger partial charge in [-0.1, -0.05) is 37.6 Å². The molecule has 0 N–H and O–H groups in total. The van der Waals surface area contributed by atoms with Gasteiger partial charge in [-0.3, -0.25) is 24.5 Å². The molecule has 0 aliphatic carbocycles. The van der Waals surface area contributed by atoms with E-state index >= 15 is 0 Å². The molecule has 0 saturated carbocycles. The first-order valence-corrected chi connectivity index (χ1v) is 12.4. The summed E-state index contributed by atoms with van der Waals surface area (Å²) in [6, 6.07) is 19.4. The number of hydroxylamine groups is 1. The number of amides is 2. The van der Waals surface area contributed by atoms with Crippen LogP contribution in [0, 0.1) is 16.0 Å². The van der Waals surface area contributed by atoms with E-state index in [2.05, 4.69) is 6.92 Å².